The van der Waals surface area contributed by atoms with Crippen LogP contribution in [0.3, 0.4) is 0 Å². The first-order chi connectivity index (χ1) is 10.2. The Morgan fingerprint density at radius 1 is 1.05 bits per heavy atom. The third-order valence-electron chi connectivity index (χ3n) is 3.74. The molecule has 1 heterocycles. The van der Waals surface area contributed by atoms with Gasteiger partial charge in [0, 0.05) is 6.42 Å². The number of fused-ring (bicyclic) bond motifs is 1. The van der Waals surface area contributed by atoms with Crippen molar-refractivity contribution in [3.8, 4) is 17.2 Å². The molecule has 0 bridgehead atoms. The van der Waals surface area contributed by atoms with Crippen LogP contribution in [0, 0.1) is 0 Å². The van der Waals surface area contributed by atoms with Gasteiger partial charge in [0.05, 0.1) is 20.3 Å². The SMILES string of the molecule is COc1ccc([C@@H]2Oc3ccccc3C[C@@H]2O)cc1OC. The van der Waals surface area contributed by atoms with E-state index < -0.39 is 12.2 Å². The molecule has 0 saturated carbocycles. The summed E-state index contributed by atoms with van der Waals surface area (Å²) in [5.41, 5.74) is 1.90. The highest BCUT2D eigenvalue weighted by Crippen LogP contribution is 2.37. The van der Waals surface area contributed by atoms with Crippen LogP contribution in [0.5, 0.6) is 17.2 Å². The van der Waals surface area contributed by atoms with E-state index in [1.54, 1.807) is 14.2 Å². The zero-order valence-corrected chi connectivity index (χ0v) is 12.1. The minimum absolute atomic E-state index is 0.403. The summed E-state index contributed by atoms with van der Waals surface area (Å²) >= 11 is 0. The molecular weight excluding hydrogens is 268 g/mol. The van der Waals surface area contributed by atoms with Gasteiger partial charge in [-0.1, -0.05) is 24.3 Å². The zero-order chi connectivity index (χ0) is 14.8. The second kappa shape index (κ2) is 5.66. The van der Waals surface area contributed by atoms with Crippen LogP contribution in [0.2, 0.25) is 0 Å². The van der Waals surface area contributed by atoms with Crippen molar-refractivity contribution < 1.29 is 19.3 Å². The Kier molecular flexibility index (Phi) is 3.71. The highest BCUT2D eigenvalue weighted by molar-refractivity contribution is 5.45. The molecule has 0 amide bonds. The number of rotatable bonds is 3. The maximum absolute atomic E-state index is 10.4. The van der Waals surface area contributed by atoms with Gasteiger partial charge in [-0.2, -0.15) is 0 Å². The highest BCUT2D eigenvalue weighted by Gasteiger charge is 2.30. The highest BCUT2D eigenvalue weighted by atomic mass is 16.5. The first-order valence-corrected chi connectivity index (χ1v) is 6.87. The third-order valence-corrected chi connectivity index (χ3v) is 3.74. The molecule has 2 aromatic carbocycles. The first-order valence-electron chi connectivity index (χ1n) is 6.87. The molecule has 0 fully saturated rings. The van der Waals surface area contributed by atoms with E-state index in [4.69, 9.17) is 14.2 Å². The second-order valence-corrected chi connectivity index (χ2v) is 5.03. The predicted molar refractivity (Wildman–Crippen MR) is 79.1 cm³/mol. The fraction of sp³-hybridized carbons (Fsp3) is 0.294. The lowest BCUT2D eigenvalue weighted by molar-refractivity contribution is 0.0207. The Labute approximate surface area is 123 Å². The van der Waals surface area contributed by atoms with Crippen LogP contribution in [0.15, 0.2) is 42.5 Å². The third kappa shape index (κ3) is 2.54. The molecule has 0 radical (unpaired) electrons. The van der Waals surface area contributed by atoms with Gasteiger partial charge in [0.1, 0.15) is 11.9 Å². The summed E-state index contributed by atoms with van der Waals surface area (Å²) < 4.78 is 16.5. The number of hydrogen-bond donors (Lipinski definition) is 1. The molecule has 1 aliphatic heterocycles. The number of aliphatic hydroxyl groups is 1. The number of aliphatic hydroxyl groups excluding tert-OH is 1. The number of ether oxygens (including phenoxy) is 3. The topological polar surface area (TPSA) is 47.9 Å². The van der Waals surface area contributed by atoms with Gasteiger partial charge < -0.3 is 19.3 Å². The van der Waals surface area contributed by atoms with Gasteiger partial charge >= 0.3 is 0 Å². The van der Waals surface area contributed by atoms with Crippen molar-refractivity contribution >= 4 is 0 Å². The molecule has 0 unspecified atom stereocenters. The van der Waals surface area contributed by atoms with Crippen molar-refractivity contribution in [2.75, 3.05) is 14.2 Å². The predicted octanol–water partition coefficient (Wildman–Crippen LogP) is 2.74. The summed E-state index contributed by atoms with van der Waals surface area (Å²) in [7, 11) is 3.19. The van der Waals surface area contributed by atoms with Gasteiger partial charge in [-0.25, -0.2) is 0 Å². The lowest BCUT2D eigenvalue weighted by Gasteiger charge is -2.31. The number of para-hydroxylation sites is 1. The molecule has 4 heteroatoms. The molecule has 0 aromatic heterocycles. The molecule has 0 spiro atoms. The molecule has 3 rings (SSSR count). The van der Waals surface area contributed by atoms with Gasteiger partial charge in [-0.3, -0.25) is 0 Å². The monoisotopic (exact) mass is 286 g/mol. The smallest absolute Gasteiger partial charge is 0.161 e. The quantitative estimate of drug-likeness (QED) is 0.942. The average Bonchev–Trinajstić information content (AvgIpc) is 2.53. The van der Waals surface area contributed by atoms with E-state index in [0.717, 1.165) is 16.9 Å². The van der Waals surface area contributed by atoms with Gasteiger partial charge in [0.25, 0.3) is 0 Å². The van der Waals surface area contributed by atoms with Crippen molar-refractivity contribution in [3.63, 3.8) is 0 Å². The summed E-state index contributed by atoms with van der Waals surface area (Å²) in [5, 5.41) is 10.4. The van der Waals surface area contributed by atoms with Gasteiger partial charge in [0.2, 0.25) is 0 Å². The molecular formula is C17H18O4. The Morgan fingerprint density at radius 2 is 1.81 bits per heavy atom. The van der Waals surface area contributed by atoms with E-state index in [0.29, 0.717) is 17.9 Å². The average molecular weight is 286 g/mol. The normalized spacial score (nSPS) is 20.3. The van der Waals surface area contributed by atoms with Gasteiger partial charge in [-0.05, 0) is 29.3 Å². The molecule has 0 aliphatic carbocycles. The van der Waals surface area contributed by atoms with Crippen LogP contribution < -0.4 is 14.2 Å². The largest absolute Gasteiger partial charge is 0.493 e. The summed E-state index contributed by atoms with van der Waals surface area (Å²) in [5.74, 6) is 2.11. The van der Waals surface area contributed by atoms with Crippen LogP contribution in [-0.4, -0.2) is 25.4 Å². The first kappa shape index (κ1) is 13.8. The molecule has 1 N–H and O–H groups in total. The van der Waals surface area contributed by atoms with E-state index in [9.17, 15) is 5.11 Å². The number of methoxy groups -OCH3 is 2. The number of hydrogen-bond acceptors (Lipinski definition) is 4. The van der Waals surface area contributed by atoms with Gasteiger partial charge in [-0.15, -0.1) is 0 Å². The molecule has 1 aliphatic rings. The van der Waals surface area contributed by atoms with Crippen LogP contribution >= 0.6 is 0 Å². The summed E-state index contributed by atoms with van der Waals surface area (Å²) in [4.78, 5) is 0. The molecule has 0 saturated heterocycles. The molecule has 2 aromatic rings. The van der Waals surface area contributed by atoms with Crippen molar-refractivity contribution in [2.24, 2.45) is 0 Å². The van der Waals surface area contributed by atoms with Crippen molar-refractivity contribution in [2.45, 2.75) is 18.6 Å². The Bertz CT molecular complexity index is 638. The van der Waals surface area contributed by atoms with Crippen molar-refractivity contribution in [1.29, 1.82) is 0 Å². The maximum Gasteiger partial charge on any atom is 0.161 e. The van der Waals surface area contributed by atoms with Crippen LogP contribution in [0.1, 0.15) is 17.2 Å². The fourth-order valence-corrected chi connectivity index (χ4v) is 2.66. The molecule has 4 nitrogen and oxygen atoms in total. The van der Waals surface area contributed by atoms with E-state index in [2.05, 4.69) is 0 Å². The van der Waals surface area contributed by atoms with E-state index >= 15 is 0 Å². The van der Waals surface area contributed by atoms with Crippen LogP contribution in [0.25, 0.3) is 0 Å². The lowest BCUT2D eigenvalue weighted by Crippen LogP contribution is -2.30. The summed E-state index contributed by atoms with van der Waals surface area (Å²) in [6, 6.07) is 13.3. The maximum atomic E-state index is 10.4. The lowest BCUT2D eigenvalue weighted by atomic mass is 9.94. The molecule has 2 atom stereocenters. The summed E-state index contributed by atoms with van der Waals surface area (Å²) in [6.07, 6.45) is -0.410. The van der Waals surface area contributed by atoms with Crippen LogP contribution in [-0.2, 0) is 6.42 Å². The minimum Gasteiger partial charge on any atom is -0.493 e. The van der Waals surface area contributed by atoms with Crippen molar-refractivity contribution in [3.05, 3.63) is 53.6 Å². The second-order valence-electron chi connectivity index (χ2n) is 5.03. The summed E-state index contributed by atoms with van der Waals surface area (Å²) in [6.45, 7) is 0. The molecule has 21 heavy (non-hydrogen) atoms. The zero-order valence-electron chi connectivity index (χ0n) is 12.1. The Hall–Kier alpha value is -2.20. The standard InChI is InChI=1S/C17H18O4/c1-19-15-8-7-12(10-16(15)20-2)17-13(18)9-11-5-3-4-6-14(11)21-17/h3-8,10,13,17-18H,9H2,1-2H3/t13-,17-/m0/s1. The number of benzene rings is 2. The van der Waals surface area contributed by atoms with E-state index in [1.807, 2.05) is 42.5 Å². The fourth-order valence-electron chi connectivity index (χ4n) is 2.66. The molecule has 110 valence electrons. The van der Waals surface area contributed by atoms with Crippen molar-refractivity contribution in [1.82, 2.24) is 0 Å². The van der Waals surface area contributed by atoms with Crippen LogP contribution in [0.4, 0.5) is 0 Å². The van der Waals surface area contributed by atoms with E-state index in [-0.39, 0.29) is 0 Å². The van der Waals surface area contributed by atoms with Gasteiger partial charge in [0.15, 0.2) is 11.5 Å². The minimum atomic E-state index is -0.585. The Morgan fingerprint density at radius 3 is 2.57 bits per heavy atom. The van der Waals surface area contributed by atoms with E-state index in [1.165, 1.54) is 0 Å². The Balaban J connectivity index is 1.94.